The van der Waals surface area contributed by atoms with E-state index in [0.29, 0.717) is 5.69 Å². The summed E-state index contributed by atoms with van der Waals surface area (Å²) in [6, 6.07) is 7.04. The molecule has 1 heterocycles. The van der Waals surface area contributed by atoms with E-state index < -0.39 is 5.97 Å². The molecule has 2 rings (SSSR count). The fourth-order valence-corrected chi connectivity index (χ4v) is 2.11. The Kier molecular flexibility index (Phi) is 4.47. The molecule has 20 heavy (non-hydrogen) atoms. The van der Waals surface area contributed by atoms with Crippen LogP contribution in [0.2, 0.25) is 0 Å². The molecular weight excluding hydrogens is 324 g/mol. The zero-order valence-corrected chi connectivity index (χ0v) is 12.2. The normalized spacial score (nSPS) is 10.7. The highest BCUT2D eigenvalue weighted by molar-refractivity contribution is 9.10. The summed E-state index contributed by atoms with van der Waals surface area (Å²) in [5.41, 5.74) is 1.44. The molecule has 0 aliphatic rings. The maximum absolute atomic E-state index is 10.8. The van der Waals surface area contributed by atoms with Crippen LogP contribution < -0.4 is 4.74 Å². The summed E-state index contributed by atoms with van der Waals surface area (Å²) in [6.45, 7) is 0. The van der Waals surface area contributed by atoms with E-state index >= 15 is 0 Å². The molecule has 0 bridgehead atoms. The molecule has 0 saturated heterocycles. The minimum atomic E-state index is -1.07. The van der Waals surface area contributed by atoms with Gasteiger partial charge in [0.2, 0.25) is 0 Å². The van der Waals surface area contributed by atoms with Crippen LogP contribution in [-0.2, 0) is 0 Å². The maximum atomic E-state index is 10.8. The predicted molar refractivity (Wildman–Crippen MR) is 78.6 cm³/mol. The van der Waals surface area contributed by atoms with Crippen molar-refractivity contribution in [1.82, 2.24) is 9.97 Å². The Morgan fingerprint density at radius 1 is 1.30 bits per heavy atom. The van der Waals surface area contributed by atoms with Crippen molar-refractivity contribution in [2.45, 2.75) is 0 Å². The Morgan fingerprint density at radius 2 is 2.10 bits per heavy atom. The fraction of sp³-hybridized carbons (Fsp3) is 0.0714. The van der Waals surface area contributed by atoms with Crippen LogP contribution in [0.1, 0.15) is 21.7 Å². The first kappa shape index (κ1) is 14.2. The molecule has 6 heteroatoms. The molecule has 0 unspecified atom stereocenters. The van der Waals surface area contributed by atoms with Crippen LogP contribution in [-0.4, -0.2) is 28.2 Å². The van der Waals surface area contributed by atoms with Crippen molar-refractivity contribution in [3.63, 3.8) is 0 Å². The van der Waals surface area contributed by atoms with Crippen molar-refractivity contribution in [3.8, 4) is 5.75 Å². The lowest BCUT2D eigenvalue weighted by Crippen LogP contribution is -2.00. The number of aromatic carboxylic acids is 1. The summed E-state index contributed by atoms with van der Waals surface area (Å²) in [5, 5.41) is 8.85. The minimum Gasteiger partial charge on any atom is -0.496 e. The van der Waals surface area contributed by atoms with Crippen molar-refractivity contribution in [1.29, 1.82) is 0 Å². The average Bonchev–Trinajstić information content (AvgIpc) is 2.45. The van der Waals surface area contributed by atoms with Gasteiger partial charge in [0.15, 0.2) is 5.69 Å². The van der Waals surface area contributed by atoms with E-state index in [1.165, 1.54) is 12.4 Å². The molecule has 0 fully saturated rings. The summed E-state index contributed by atoms with van der Waals surface area (Å²) in [7, 11) is 1.60. The second kappa shape index (κ2) is 6.29. The highest BCUT2D eigenvalue weighted by Crippen LogP contribution is 2.26. The Labute approximate surface area is 124 Å². The lowest BCUT2D eigenvalue weighted by molar-refractivity contribution is 0.0690. The van der Waals surface area contributed by atoms with Gasteiger partial charge in [-0.15, -0.1) is 0 Å². The third-order valence-corrected chi connectivity index (χ3v) is 3.15. The van der Waals surface area contributed by atoms with Gasteiger partial charge >= 0.3 is 5.97 Å². The Hall–Kier alpha value is -2.21. The Balaban J connectivity index is 2.23. The number of rotatable bonds is 4. The van der Waals surface area contributed by atoms with Gasteiger partial charge in [0, 0.05) is 0 Å². The molecule has 1 N–H and O–H groups in total. The first-order chi connectivity index (χ1) is 9.60. The molecule has 0 spiro atoms. The van der Waals surface area contributed by atoms with E-state index in [4.69, 9.17) is 9.84 Å². The van der Waals surface area contributed by atoms with Gasteiger partial charge in [0.05, 0.1) is 17.3 Å². The van der Waals surface area contributed by atoms with Crippen molar-refractivity contribution in [3.05, 3.63) is 52.0 Å². The van der Waals surface area contributed by atoms with E-state index in [1.807, 2.05) is 24.3 Å². The molecule has 1 aromatic carbocycles. The molecular formula is C14H11BrN2O3. The third kappa shape index (κ3) is 3.42. The topological polar surface area (TPSA) is 72.3 Å². The van der Waals surface area contributed by atoms with Crippen molar-refractivity contribution < 1.29 is 14.6 Å². The van der Waals surface area contributed by atoms with E-state index in [2.05, 4.69) is 25.9 Å². The van der Waals surface area contributed by atoms with Crippen LogP contribution in [0, 0.1) is 0 Å². The van der Waals surface area contributed by atoms with Crippen LogP contribution in [0.4, 0.5) is 0 Å². The SMILES string of the molecule is COc1ccc(/C=C/c2cc(C(=O)O)ncn2)cc1Br. The highest BCUT2D eigenvalue weighted by atomic mass is 79.9. The second-order valence-corrected chi connectivity index (χ2v) is 4.71. The van der Waals surface area contributed by atoms with Gasteiger partial charge in [-0.3, -0.25) is 0 Å². The molecule has 5 nitrogen and oxygen atoms in total. The predicted octanol–water partition coefficient (Wildman–Crippen LogP) is 3.12. The monoisotopic (exact) mass is 334 g/mol. The van der Waals surface area contributed by atoms with Gasteiger partial charge in [0.1, 0.15) is 12.1 Å². The number of benzene rings is 1. The van der Waals surface area contributed by atoms with Crippen LogP contribution >= 0.6 is 15.9 Å². The van der Waals surface area contributed by atoms with Gasteiger partial charge < -0.3 is 9.84 Å². The first-order valence-electron chi connectivity index (χ1n) is 5.67. The number of halogens is 1. The number of carboxylic acid groups (broad SMARTS) is 1. The molecule has 0 saturated carbocycles. The number of aromatic nitrogens is 2. The Morgan fingerprint density at radius 3 is 2.75 bits per heavy atom. The number of carbonyl (C=O) groups is 1. The summed E-state index contributed by atoms with van der Waals surface area (Å²) in [4.78, 5) is 18.5. The van der Waals surface area contributed by atoms with Crippen molar-refractivity contribution in [2.24, 2.45) is 0 Å². The molecule has 0 aliphatic heterocycles. The van der Waals surface area contributed by atoms with E-state index in [1.54, 1.807) is 13.2 Å². The van der Waals surface area contributed by atoms with Crippen molar-refractivity contribution in [2.75, 3.05) is 7.11 Å². The quantitative estimate of drug-likeness (QED) is 0.929. The second-order valence-electron chi connectivity index (χ2n) is 3.86. The molecule has 0 amide bonds. The zero-order valence-electron chi connectivity index (χ0n) is 10.6. The molecule has 2 aromatic rings. The van der Waals surface area contributed by atoms with E-state index in [0.717, 1.165) is 15.8 Å². The number of carboxylic acids is 1. The number of hydrogen-bond acceptors (Lipinski definition) is 4. The summed E-state index contributed by atoms with van der Waals surface area (Å²) in [6.07, 6.45) is 4.79. The maximum Gasteiger partial charge on any atom is 0.354 e. The highest BCUT2D eigenvalue weighted by Gasteiger charge is 2.04. The summed E-state index contributed by atoms with van der Waals surface area (Å²) < 4.78 is 5.99. The number of ether oxygens (including phenoxy) is 1. The van der Waals surface area contributed by atoms with Gasteiger partial charge in [-0.2, -0.15) is 0 Å². The average molecular weight is 335 g/mol. The third-order valence-electron chi connectivity index (χ3n) is 2.53. The van der Waals surface area contributed by atoms with Crippen LogP contribution in [0.15, 0.2) is 35.1 Å². The van der Waals surface area contributed by atoms with Crippen LogP contribution in [0.3, 0.4) is 0 Å². The van der Waals surface area contributed by atoms with E-state index in [9.17, 15) is 4.79 Å². The van der Waals surface area contributed by atoms with Crippen molar-refractivity contribution >= 4 is 34.1 Å². The van der Waals surface area contributed by atoms with Crippen LogP contribution in [0.25, 0.3) is 12.2 Å². The standard InChI is InChI=1S/C14H11BrN2O3/c1-20-13-5-3-9(6-11(13)15)2-4-10-7-12(14(18)19)17-8-16-10/h2-8H,1H3,(H,18,19)/b4-2+. The molecule has 0 aliphatic carbocycles. The van der Waals surface area contributed by atoms with Gasteiger partial charge in [0.25, 0.3) is 0 Å². The lowest BCUT2D eigenvalue weighted by Gasteiger charge is -2.03. The lowest BCUT2D eigenvalue weighted by atomic mass is 10.2. The largest absolute Gasteiger partial charge is 0.496 e. The number of methoxy groups -OCH3 is 1. The fourth-order valence-electron chi connectivity index (χ4n) is 1.55. The Bertz CT molecular complexity index is 671. The van der Waals surface area contributed by atoms with Crippen LogP contribution in [0.5, 0.6) is 5.75 Å². The first-order valence-corrected chi connectivity index (χ1v) is 6.46. The van der Waals surface area contributed by atoms with Gasteiger partial charge in [-0.1, -0.05) is 12.1 Å². The summed E-state index contributed by atoms with van der Waals surface area (Å²) >= 11 is 3.40. The minimum absolute atomic E-state index is 0.0319. The molecule has 102 valence electrons. The van der Waals surface area contributed by atoms with Gasteiger partial charge in [-0.05, 0) is 45.8 Å². The number of hydrogen-bond donors (Lipinski definition) is 1. The van der Waals surface area contributed by atoms with E-state index in [-0.39, 0.29) is 5.69 Å². The molecule has 0 radical (unpaired) electrons. The smallest absolute Gasteiger partial charge is 0.354 e. The molecule has 1 aromatic heterocycles. The summed E-state index contributed by atoms with van der Waals surface area (Å²) in [5.74, 6) is -0.327. The number of nitrogens with zero attached hydrogens (tertiary/aromatic N) is 2. The zero-order chi connectivity index (χ0) is 14.5. The molecule has 0 atom stereocenters. The van der Waals surface area contributed by atoms with Gasteiger partial charge in [-0.25, -0.2) is 14.8 Å².